The third-order valence-electron chi connectivity index (χ3n) is 3.38. The van der Waals surface area contributed by atoms with Crippen molar-refractivity contribution in [3.63, 3.8) is 0 Å². The van der Waals surface area contributed by atoms with Gasteiger partial charge in [-0.05, 0) is 38.1 Å². The van der Waals surface area contributed by atoms with E-state index in [2.05, 4.69) is 5.32 Å². The highest BCUT2D eigenvalue weighted by molar-refractivity contribution is 6.01. The molecule has 2 rings (SSSR count). The Balaban J connectivity index is 0.000000956. The second kappa shape index (κ2) is 8.59. The van der Waals surface area contributed by atoms with E-state index in [9.17, 15) is 4.79 Å². The van der Waals surface area contributed by atoms with Crippen molar-refractivity contribution in [2.75, 3.05) is 27.3 Å². The standard InChI is InChI=1S/C14H19NO3.C2H6/c1-17-12-5-3-4-11(14(12)18-2)13(16)10-6-8-15-9-7-10;1-2/h3-5,10,15H,6-9H2,1-2H3;1-2H3. The number of para-hydroxylation sites is 1. The van der Waals surface area contributed by atoms with E-state index >= 15 is 0 Å². The summed E-state index contributed by atoms with van der Waals surface area (Å²) < 4.78 is 10.5. The number of piperidine rings is 1. The fraction of sp³-hybridized carbons (Fsp3) is 0.562. The van der Waals surface area contributed by atoms with E-state index in [1.807, 2.05) is 26.0 Å². The molecule has 4 nitrogen and oxygen atoms in total. The molecule has 0 aliphatic carbocycles. The third-order valence-corrected chi connectivity index (χ3v) is 3.38. The summed E-state index contributed by atoms with van der Waals surface area (Å²) in [4.78, 5) is 12.5. The van der Waals surface area contributed by atoms with Crippen molar-refractivity contribution in [2.24, 2.45) is 5.92 Å². The van der Waals surface area contributed by atoms with Crippen LogP contribution in [0.1, 0.15) is 37.0 Å². The van der Waals surface area contributed by atoms with Crippen LogP contribution in [0.25, 0.3) is 0 Å². The van der Waals surface area contributed by atoms with Crippen LogP contribution in [0.4, 0.5) is 0 Å². The lowest BCUT2D eigenvalue weighted by Crippen LogP contribution is -2.32. The van der Waals surface area contributed by atoms with Crippen LogP contribution >= 0.6 is 0 Å². The number of carbonyl (C=O) groups is 1. The predicted molar refractivity (Wildman–Crippen MR) is 80.8 cm³/mol. The fourth-order valence-corrected chi connectivity index (χ4v) is 2.39. The molecule has 4 heteroatoms. The van der Waals surface area contributed by atoms with E-state index in [1.165, 1.54) is 0 Å². The number of hydrogen-bond donors (Lipinski definition) is 1. The quantitative estimate of drug-likeness (QED) is 0.861. The van der Waals surface area contributed by atoms with Gasteiger partial charge < -0.3 is 14.8 Å². The lowest BCUT2D eigenvalue weighted by atomic mass is 9.89. The molecule has 1 heterocycles. The van der Waals surface area contributed by atoms with Crippen LogP contribution in [0, 0.1) is 5.92 Å². The van der Waals surface area contributed by atoms with E-state index in [-0.39, 0.29) is 11.7 Å². The Morgan fingerprint density at radius 1 is 1.15 bits per heavy atom. The van der Waals surface area contributed by atoms with E-state index in [0.29, 0.717) is 17.1 Å². The average Bonchev–Trinajstić information content (AvgIpc) is 2.55. The zero-order valence-electron chi connectivity index (χ0n) is 12.9. The first kappa shape index (κ1) is 16.5. The van der Waals surface area contributed by atoms with Crippen molar-refractivity contribution in [2.45, 2.75) is 26.7 Å². The number of Topliss-reactive ketones (excluding diaryl/α,β-unsaturated/α-hetero) is 1. The molecule has 0 amide bonds. The summed E-state index contributed by atoms with van der Waals surface area (Å²) in [6, 6.07) is 5.44. The molecule has 0 spiro atoms. The van der Waals surface area contributed by atoms with Gasteiger partial charge in [-0.3, -0.25) is 4.79 Å². The maximum Gasteiger partial charge on any atom is 0.171 e. The Kier molecular flexibility index (Phi) is 7.09. The highest BCUT2D eigenvalue weighted by Gasteiger charge is 2.25. The van der Waals surface area contributed by atoms with Gasteiger partial charge in [-0.25, -0.2) is 0 Å². The molecule has 1 fully saturated rings. The lowest BCUT2D eigenvalue weighted by molar-refractivity contribution is 0.0891. The lowest BCUT2D eigenvalue weighted by Gasteiger charge is -2.22. The number of benzene rings is 1. The van der Waals surface area contributed by atoms with Crippen LogP contribution in [-0.2, 0) is 0 Å². The minimum absolute atomic E-state index is 0.0901. The van der Waals surface area contributed by atoms with Gasteiger partial charge in [0.1, 0.15) is 0 Å². The number of methoxy groups -OCH3 is 2. The molecule has 1 aromatic rings. The first-order chi connectivity index (χ1) is 9.77. The van der Waals surface area contributed by atoms with Crippen molar-refractivity contribution in [3.05, 3.63) is 23.8 Å². The molecule has 0 aromatic heterocycles. The van der Waals surface area contributed by atoms with Gasteiger partial charge in [0.05, 0.1) is 19.8 Å². The SMILES string of the molecule is CC.COc1cccc(C(=O)C2CCNCC2)c1OC. The van der Waals surface area contributed by atoms with Crippen molar-refractivity contribution in [1.82, 2.24) is 5.32 Å². The summed E-state index contributed by atoms with van der Waals surface area (Å²) in [6.45, 7) is 5.81. The summed E-state index contributed by atoms with van der Waals surface area (Å²) in [6.07, 6.45) is 1.78. The first-order valence-corrected chi connectivity index (χ1v) is 7.24. The molecule has 0 unspecified atom stereocenters. The largest absolute Gasteiger partial charge is 0.493 e. The number of carbonyl (C=O) groups excluding carboxylic acids is 1. The van der Waals surface area contributed by atoms with Crippen molar-refractivity contribution >= 4 is 5.78 Å². The summed E-state index contributed by atoms with van der Waals surface area (Å²) >= 11 is 0. The van der Waals surface area contributed by atoms with Crippen LogP contribution < -0.4 is 14.8 Å². The highest BCUT2D eigenvalue weighted by Crippen LogP contribution is 2.33. The molecule has 0 radical (unpaired) electrons. The monoisotopic (exact) mass is 279 g/mol. The van der Waals surface area contributed by atoms with Gasteiger partial charge in [0, 0.05) is 5.92 Å². The van der Waals surface area contributed by atoms with E-state index < -0.39 is 0 Å². The van der Waals surface area contributed by atoms with E-state index in [0.717, 1.165) is 25.9 Å². The molecular weight excluding hydrogens is 254 g/mol. The molecule has 1 N–H and O–H groups in total. The first-order valence-electron chi connectivity index (χ1n) is 7.24. The van der Waals surface area contributed by atoms with Crippen molar-refractivity contribution in [1.29, 1.82) is 0 Å². The second-order valence-corrected chi connectivity index (χ2v) is 4.43. The number of rotatable bonds is 4. The Morgan fingerprint density at radius 2 is 1.80 bits per heavy atom. The van der Waals surface area contributed by atoms with Crippen LogP contribution in [-0.4, -0.2) is 33.1 Å². The van der Waals surface area contributed by atoms with Crippen LogP contribution in [0.5, 0.6) is 11.5 Å². The summed E-state index contributed by atoms with van der Waals surface area (Å²) in [7, 11) is 3.15. The normalized spacial score (nSPS) is 15.0. The number of ether oxygens (including phenoxy) is 2. The van der Waals surface area contributed by atoms with Crippen molar-refractivity contribution < 1.29 is 14.3 Å². The van der Waals surface area contributed by atoms with Gasteiger partial charge in [0.25, 0.3) is 0 Å². The van der Waals surface area contributed by atoms with Gasteiger partial charge in [0.15, 0.2) is 17.3 Å². The Morgan fingerprint density at radius 3 is 2.35 bits per heavy atom. The summed E-state index contributed by atoms with van der Waals surface area (Å²) in [5.74, 6) is 1.40. The van der Waals surface area contributed by atoms with Gasteiger partial charge in [-0.2, -0.15) is 0 Å². The van der Waals surface area contributed by atoms with Gasteiger partial charge in [-0.15, -0.1) is 0 Å². The molecule has 1 saturated heterocycles. The summed E-state index contributed by atoms with van der Waals surface area (Å²) in [5, 5.41) is 3.26. The summed E-state index contributed by atoms with van der Waals surface area (Å²) in [5.41, 5.74) is 0.628. The van der Waals surface area contributed by atoms with Crippen molar-refractivity contribution in [3.8, 4) is 11.5 Å². The van der Waals surface area contributed by atoms with Gasteiger partial charge in [0.2, 0.25) is 0 Å². The number of hydrogen-bond acceptors (Lipinski definition) is 4. The smallest absolute Gasteiger partial charge is 0.171 e. The molecule has 0 bridgehead atoms. The Labute approximate surface area is 121 Å². The Bertz CT molecular complexity index is 426. The average molecular weight is 279 g/mol. The molecule has 1 aliphatic heterocycles. The Hall–Kier alpha value is -1.55. The maximum atomic E-state index is 12.5. The molecular formula is C16H25NO3. The molecule has 0 saturated carbocycles. The van der Waals surface area contributed by atoms with Crippen LogP contribution in [0.3, 0.4) is 0 Å². The number of nitrogens with one attached hydrogen (secondary N) is 1. The second-order valence-electron chi connectivity index (χ2n) is 4.43. The fourth-order valence-electron chi connectivity index (χ4n) is 2.39. The molecule has 20 heavy (non-hydrogen) atoms. The molecule has 1 aromatic carbocycles. The van der Waals surface area contributed by atoms with Gasteiger partial charge in [-0.1, -0.05) is 19.9 Å². The number of ketones is 1. The topological polar surface area (TPSA) is 47.6 Å². The zero-order chi connectivity index (χ0) is 15.0. The maximum absolute atomic E-state index is 12.5. The molecule has 0 atom stereocenters. The highest BCUT2D eigenvalue weighted by atomic mass is 16.5. The van der Waals surface area contributed by atoms with E-state index in [1.54, 1.807) is 20.3 Å². The van der Waals surface area contributed by atoms with Crippen LogP contribution in [0.15, 0.2) is 18.2 Å². The van der Waals surface area contributed by atoms with E-state index in [4.69, 9.17) is 9.47 Å². The minimum Gasteiger partial charge on any atom is -0.493 e. The molecule has 112 valence electrons. The van der Waals surface area contributed by atoms with Crippen LogP contribution in [0.2, 0.25) is 0 Å². The molecule has 1 aliphatic rings. The van der Waals surface area contributed by atoms with Gasteiger partial charge >= 0.3 is 0 Å². The zero-order valence-corrected chi connectivity index (χ0v) is 12.9. The third kappa shape index (κ3) is 3.73. The minimum atomic E-state index is 0.0901. The predicted octanol–water partition coefficient (Wildman–Crippen LogP) is 2.91.